The molecule has 0 unspecified atom stereocenters. The molecule has 0 atom stereocenters. The molecule has 7 heteroatoms. The molecule has 21 heavy (non-hydrogen) atoms. The maximum atomic E-state index is 12.6. The van der Waals surface area contributed by atoms with Gasteiger partial charge in [-0.3, -0.25) is 14.9 Å². The van der Waals surface area contributed by atoms with E-state index in [9.17, 15) is 14.9 Å². The van der Waals surface area contributed by atoms with E-state index in [1.54, 1.807) is 18.2 Å². The molecule has 2 aromatic carbocycles. The maximum absolute atomic E-state index is 12.6. The van der Waals surface area contributed by atoms with E-state index in [1.165, 1.54) is 19.2 Å². The Kier molecular flexibility index (Phi) is 3.03. The zero-order chi connectivity index (χ0) is 15.1. The highest BCUT2D eigenvalue weighted by molar-refractivity contribution is 6.36. The Morgan fingerprint density at radius 2 is 2.00 bits per heavy atom. The molecule has 0 aliphatic carbocycles. The highest BCUT2D eigenvalue weighted by atomic mass is 35.5. The number of nitro groups is 1. The lowest BCUT2D eigenvalue weighted by Gasteiger charge is -2.08. The Morgan fingerprint density at radius 1 is 1.24 bits per heavy atom. The summed E-state index contributed by atoms with van der Waals surface area (Å²) in [6.45, 7) is 0. The Balaban J connectivity index is 2.63. The number of rotatable bonds is 2. The lowest BCUT2D eigenvalue weighted by Crippen LogP contribution is -2.07. The molecule has 0 saturated heterocycles. The number of non-ortho nitro benzene ring substituents is 1. The lowest BCUT2D eigenvalue weighted by atomic mass is 10.1. The number of hydrogen-bond donors (Lipinski definition) is 1. The van der Waals surface area contributed by atoms with E-state index in [0.717, 1.165) is 0 Å². The molecule has 0 fully saturated rings. The monoisotopic (exact) mass is 304 g/mol. The second-order valence-corrected chi connectivity index (χ2v) is 4.82. The topological polar surface area (TPSA) is 85.2 Å². The van der Waals surface area contributed by atoms with Crippen LogP contribution in [0.15, 0.2) is 35.1 Å². The number of benzene rings is 2. The first-order valence-electron chi connectivity index (χ1n) is 6.00. The number of aromatic nitrogens is 1. The van der Waals surface area contributed by atoms with Gasteiger partial charge in [0, 0.05) is 11.5 Å². The van der Waals surface area contributed by atoms with E-state index in [-0.39, 0.29) is 27.0 Å². The van der Waals surface area contributed by atoms with E-state index in [4.69, 9.17) is 16.3 Å². The van der Waals surface area contributed by atoms with Gasteiger partial charge in [0.15, 0.2) is 5.43 Å². The third kappa shape index (κ3) is 1.92. The average Bonchev–Trinajstić information content (AvgIpc) is 2.46. The molecule has 0 aliphatic heterocycles. The third-order valence-corrected chi connectivity index (χ3v) is 3.61. The van der Waals surface area contributed by atoms with Crippen molar-refractivity contribution >= 4 is 39.1 Å². The number of methoxy groups -OCH3 is 1. The number of H-pyrrole nitrogens is 1. The van der Waals surface area contributed by atoms with Gasteiger partial charge >= 0.3 is 0 Å². The summed E-state index contributed by atoms with van der Waals surface area (Å²) in [5, 5.41) is 11.8. The second kappa shape index (κ2) is 4.75. The number of fused-ring (bicyclic) bond motifs is 2. The van der Waals surface area contributed by atoms with Crippen LogP contribution in [0, 0.1) is 10.1 Å². The molecule has 0 saturated carbocycles. The van der Waals surface area contributed by atoms with Crippen LogP contribution >= 0.6 is 11.6 Å². The van der Waals surface area contributed by atoms with E-state index in [0.29, 0.717) is 16.7 Å². The molecule has 106 valence electrons. The Bertz CT molecular complexity index is 949. The van der Waals surface area contributed by atoms with Gasteiger partial charge in [-0.25, -0.2) is 0 Å². The van der Waals surface area contributed by atoms with Crippen LogP contribution in [0.3, 0.4) is 0 Å². The number of hydrogen-bond acceptors (Lipinski definition) is 4. The van der Waals surface area contributed by atoms with Gasteiger partial charge in [0.1, 0.15) is 11.3 Å². The van der Waals surface area contributed by atoms with Gasteiger partial charge in [-0.1, -0.05) is 17.7 Å². The molecule has 1 aromatic heterocycles. The minimum Gasteiger partial charge on any atom is -0.495 e. The van der Waals surface area contributed by atoms with Crippen LogP contribution < -0.4 is 10.2 Å². The van der Waals surface area contributed by atoms with Gasteiger partial charge in [0.25, 0.3) is 5.69 Å². The molecule has 1 N–H and O–H groups in total. The first kappa shape index (κ1) is 13.4. The molecule has 0 spiro atoms. The summed E-state index contributed by atoms with van der Waals surface area (Å²) in [5.74, 6) is 0.431. The fourth-order valence-electron chi connectivity index (χ4n) is 2.35. The molecule has 0 aliphatic rings. The molecule has 3 rings (SSSR count). The van der Waals surface area contributed by atoms with Crippen molar-refractivity contribution in [3.05, 3.63) is 55.7 Å². The van der Waals surface area contributed by atoms with Crippen LogP contribution in [-0.4, -0.2) is 17.0 Å². The van der Waals surface area contributed by atoms with Gasteiger partial charge in [-0.15, -0.1) is 0 Å². The van der Waals surface area contributed by atoms with Crippen molar-refractivity contribution in [2.45, 2.75) is 0 Å². The van der Waals surface area contributed by atoms with Crippen molar-refractivity contribution < 1.29 is 9.66 Å². The molecule has 3 aromatic rings. The second-order valence-electron chi connectivity index (χ2n) is 4.41. The summed E-state index contributed by atoms with van der Waals surface area (Å²) in [4.78, 5) is 26.1. The van der Waals surface area contributed by atoms with E-state index >= 15 is 0 Å². The van der Waals surface area contributed by atoms with E-state index in [2.05, 4.69) is 4.98 Å². The van der Waals surface area contributed by atoms with Crippen molar-refractivity contribution in [3.63, 3.8) is 0 Å². The minimum absolute atomic E-state index is 0.0921. The number of nitrogens with one attached hydrogen (secondary N) is 1. The summed E-state index contributed by atoms with van der Waals surface area (Å²) in [5.41, 5.74) is -0.0805. The maximum Gasteiger partial charge on any atom is 0.293 e. The first-order chi connectivity index (χ1) is 10.0. The molecule has 0 radical (unpaired) electrons. The third-order valence-electron chi connectivity index (χ3n) is 3.30. The molecular formula is C14H9ClN2O4. The van der Waals surface area contributed by atoms with Crippen LogP contribution in [-0.2, 0) is 0 Å². The predicted octanol–water partition coefficient (Wildman–Crippen LogP) is 3.25. The zero-order valence-corrected chi connectivity index (χ0v) is 11.6. The summed E-state index contributed by atoms with van der Waals surface area (Å²) >= 11 is 6.04. The van der Waals surface area contributed by atoms with Crippen LogP contribution in [0.25, 0.3) is 21.8 Å². The quantitative estimate of drug-likeness (QED) is 0.447. The standard InChI is InChI=1S/C14H9ClN2O4/c1-21-10-4-2-3-7-12(10)16-13-9(17(19)20)6-5-8(15)11(13)14(7)18/h2-6H,1H3,(H,16,18). The number of halogens is 1. The Morgan fingerprint density at radius 3 is 2.67 bits per heavy atom. The highest BCUT2D eigenvalue weighted by Crippen LogP contribution is 2.31. The van der Waals surface area contributed by atoms with Gasteiger partial charge < -0.3 is 9.72 Å². The van der Waals surface area contributed by atoms with Gasteiger partial charge in [0.2, 0.25) is 0 Å². The SMILES string of the molecule is COc1cccc2c(=O)c3c(Cl)ccc([N+](=O)[O-])c3[nH]c12. The normalized spacial score (nSPS) is 11.0. The summed E-state index contributed by atoms with van der Waals surface area (Å²) in [6.07, 6.45) is 0. The number of ether oxygens (including phenoxy) is 1. The lowest BCUT2D eigenvalue weighted by molar-refractivity contribution is -0.383. The fourth-order valence-corrected chi connectivity index (χ4v) is 2.59. The van der Waals surface area contributed by atoms with Crippen molar-refractivity contribution in [1.29, 1.82) is 0 Å². The van der Waals surface area contributed by atoms with Crippen molar-refractivity contribution in [2.75, 3.05) is 7.11 Å². The predicted molar refractivity (Wildman–Crippen MR) is 80.3 cm³/mol. The van der Waals surface area contributed by atoms with Crippen LogP contribution in [0.1, 0.15) is 0 Å². The van der Waals surface area contributed by atoms with Gasteiger partial charge in [-0.05, 0) is 18.2 Å². The van der Waals surface area contributed by atoms with Crippen LogP contribution in [0.5, 0.6) is 5.75 Å². The van der Waals surface area contributed by atoms with Crippen molar-refractivity contribution in [3.8, 4) is 5.75 Å². The van der Waals surface area contributed by atoms with Crippen molar-refractivity contribution in [1.82, 2.24) is 4.98 Å². The van der Waals surface area contributed by atoms with E-state index < -0.39 is 4.92 Å². The molecule has 0 amide bonds. The first-order valence-corrected chi connectivity index (χ1v) is 6.38. The smallest absolute Gasteiger partial charge is 0.293 e. The molecule has 6 nitrogen and oxygen atoms in total. The fraction of sp³-hybridized carbons (Fsp3) is 0.0714. The summed E-state index contributed by atoms with van der Waals surface area (Å²) < 4.78 is 5.19. The number of nitrogens with zero attached hydrogens (tertiary/aromatic N) is 1. The number of aromatic amines is 1. The highest BCUT2D eigenvalue weighted by Gasteiger charge is 2.19. The largest absolute Gasteiger partial charge is 0.495 e. The molecule has 1 heterocycles. The zero-order valence-electron chi connectivity index (χ0n) is 10.8. The van der Waals surface area contributed by atoms with Gasteiger partial charge in [-0.2, -0.15) is 0 Å². The van der Waals surface area contributed by atoms with Gasteiger partial charge in [0.05, 0.1) is 28.0 Å². The molecule has 0 bridgehead atoms. The number of para-hydroxylation sites is 1. The Hall–Kier alpha value is -2.60. The number of nitro benzene ring substituents is 1. The number of pyridine rings is 1. The van der Waals surface area contributed by atoms with E-state index in [1.807, 2.05) is 0 Å². The molecular weight excluding hydrogens is 296 g/mol. The minimum atomic E-state index is -0.560. The van der Waals surface area contributed by atoms with Crippen molar-refractivity contribution in [2.24, 2.45) is 0 Å². The summed E-state index contributed by atoms with van der Waals surface area (Å²) in [7, 11) is 1.46. The summed E-state index contributed by atoms with van der Waals surface area (Å²) in [6, 6.07) is 7.57. The van der Waals surface area contributed by atoms with Crippen LogP contribution in [0.2, 0.25) is 5.02 Å². The average molecular weight is 305 g/mol. The van der Waals surface area contributed by atoms with Crippen LogP contribution in [0.4, 0.5) is 5.69 Å². The Labute approximate surface area is 123 Å².